The molecule has 2 heterocycles. The first-order chi connectivity index (χ1) is 36.5. The van der Waals surface area contributed by atoms with Crippen molar-refractivity contribution in [3.63, 3.8) is 0 Å². The molecule has 0 amide bonds. The highest BCUT2D eigenvalue weighted by Crippen LogP contribution is 2.65. The minimum Gasteiger partial charge on any atom is -0.310 e. The molecule has 0 unspecified atom stereocenters. The molecule has 11 aromatic carbocycles. The molecule has 5 aliphatic rings. The third-order valence-corrected chi connectivity index (χ3v) is 16.6. The van der Waals surface area contributed by atoms with E-state index in [1.54, 1.807) is 0 Å². The lowest BCUT2D eigenvalue weighted by atomic mass is 9.59. The second-order valence-corrected chi connectivity index (χ2v) is 20.7. The lowest BCUT2D eigenvalue weighted by Gasteiger charge is -2.50. The van der Waals surface area contributed by atoms with Crippen molar-refractivity contribution < 1.29 is 0 Å². The fourth-order valence-electron chi connectivity index (χ4n) is 13.3. The van der Waals surface area contributed by atoms with Crippen LogP contribution >= 0.6 is 0 Å². The number of nitrogens with zero attached hydrogens (tertiary/aromatic N) is 3. The normalized spacial score (nSPS) is 15.8. The Hall–Kier alpha value is -9.18. The number of hydrogen-bond acceptors (Lipinski definition) is 3. The van der Waals surface area contributed by atoms with Crippen LogP contribution in [0.4, 0.5) is 51.2 Å². The van der Waals surface area contributed by atoms with Gasteiger partial charge < -0.3 is 14.7 Å². The molecule has 0 fully saturated rings. The topological polar surface area (TPSA) is 9.72 Å². The van der Waals surface area contributed by atoms with Crippen molar-refractivity contribution >= 4 is 51.2 Å². The minimum atomic E-state index is -0.201. The third-order valence-electron chi connectivity index (χ3n) is 16.6. The number of hydrogen-bond donors (Lipinski definition) is 0. The van der Waals surface area contributed by atoms with Gasteiger partial charge in [0.2, 0.25) is 0 Å². The summed E-state index contributed by atoms with van der Waals surface area (Å²) in [6.07, 6.45) is 0. The van der Waals surface area contributed by atoms with Crippen molar-refractivity contribution in [1.82, 2.24) is 0 Å². The Balaban J connectivity index is 0.932. The summed E-state index contributed by atoms with van der Waals surface area (Å²) in [7, 11) is 0. The first-order valence-corrected chi connectivity index (χ1v) is 26.0. The molecular weight excluding hydrogens is 895 g/mol. The lowest BCUT2D eigenvalue weighted by molar-refractivity contribution is 0.631. The molecule has 2 bridgehead atoms. The summed E-state index contributed by atoms with van der Waals surface area (Å²) >= 11 is 0. The van der Waals surface area contributed by atoms with E-state index in [1.807, 2.05) is 0 Å². The molecule has 0 saturated carbocycles. The van der Waals surface area contributed by atoms with Crippen molar-refractivity contribution in [2.45, 2.75) is 31.1 Å². The smallest absolute Gasteiger partial charge is 0.0744 e. The van der Waals surface area contributed by atoms with Gasteiger partial charge in [-0.05, 0) is 133 Å². The molecule has 3 nitrogen and oxygen atoms in total. The summed E-state index contributed by atoms with van der Waals surface area (Å²) < 4.78 is 0. The van der Waals surface area contributed by atoms with E-state index in [2.05, 4.69) is 289 Å². The van der Waals surface area contributed by atoms with Crippen LogP contribution in [0, 0.1) is 0 Å². The summed E-state index contributed by atoms with van der Waals surface area (Å²) in [6.45, 7) is 4.78. The molecule has 0 spiro atoms. The van der Waals surface area contributed by atoms with Crippen LogP contribution in [0.1, 0.15) is 70.2 Å². The Kier molecular flexibility index (Phi) is 9.43. The standard InChI is InChI=1S/C71H51N3/c1-71(2)58-29-14-16-32-61(58)74-63-34-18-17-33-62(63)73(65-35-19-30-59(71)70(65)74)64-45-44-53(68-66-54-25-9-11-27-56(54)67(69(64)68)57-28-12-10-26-55(57)66)49-38-42-51(43-39-49)72(50-40-36-47(37-41-50)46-20-5-3-6-21-46)60-31-15-13-24-52(60)48-22-7-4-8-23-48/h3-45,66-67H,1-2H3. The Labute approximate surface area is 433 Å². The summed E-state index contributed by atoms with van der Waals surface area (Å²) in [5.41, 5.74) is 28.8. The SMILES string of the molecule is CC1(C)c2ccccc2N2c3ccccc3N(c3ccc(-c4ccc(N(c5ccc(-c6ccccc6)cc5)c5ccccc5-c5ccccc5)cc4)c4c3C3c5ccccc5C4c4ccccc43)c3cccc1c32. The maximum absolute atomic E-state index is 2.61. The Morgan fingerprint density at radius 3 is 1.42 bits per heavy atom. The van der Waals surface area contributed by atoms with Gasteiger partial charge in [-0.2, -0.15) is 0 Å². The summed E-state index contributed by atoms with van der Waals surface area (Å²) in [5.74, 6) is 0.101. The monoisotopic (exact) mass is 945 g/mol. The maximum atomic E-state index is 2.61. The van der Waals surface area contributed by atoms with Crippen LogP contribution < -0.4 is 14.7 Å². The van der Waals surface area contributed by atoms with E-state index in [0.29, 0.717) is 0 Å². The zero-order valence-electron chi connectivity index (χ0n) is 41.3. The first-order valence-electron chi connectivity index (χ1n) is 26.0. The summed E-state index contributed by atoms with van der Waals surface area (Å²) in [4.78, 5) is 7.57. The molecule has 74 heavy (non-hydrogen) atoms. The van der Waals surface area contributed by atoms with E-state index >= 15 is 0 Å². The predicted octanol–water partition coefficient (Wildman–Crippen LogP) is 19.0. The van der Waals surface area contributed by atoms with Crippen molar-refractivity contribution in [1.29, 1.82) is 0 Å². The summed E-state index contributed by atoms with van der Waals surface area (Å²) in [5, 5.41) is 0. The van der Waals surface area contributed by atoms with Crippen molar-refractivity contribution in [2.24, 2.45) is 0 Å². The molecule has 3 heteroatoms. The minimum absolute atomic E-state index is 0.0438. The van der Waals surface area contributed by atoms with Crippen LogP contribution in [0.15, 0.2) is 261 Å². The number of anilines is 9. The van der Waals surface area contributed by atoms with Gasteiger partial charge in [0, 0.05) is 34.2 Å². The Morgan fingerprint density at radius 1 is 0.311 bits per heavy atom. The molecule has 0 saturated heterocycles. The number of rotatable bonds is 7. The highest BCUT2D eigenvalue weighted by molar-refractivity contribution is 6.06. The molecule has 0 N–H and O–H groups in total. The van der Waals surface area contributed by atoms with Gasteiger partial charge in [0.05, 0.1) is 39.8 Å². The van der Waals surface area contributed by atoms with Gasteiger partial charge >= 0.3 is 0 Å². The molecule has 350 valence electrons. The van der Waals surface area contributed by atoms with Crippen LogP contribution in [0.25, 0.3) is 33.4 Å². The molecule has 0 radical (unpaired) electrons. The molecule has 2 aliphatic heterocycles. The highest BCUT2D eigenvalue weighted by atomic mass is 15.3. The van der Waals surface area contributed by atoms with Gasteiger partial charge in [-0.3, -0.25) is 0 Å². The molecule has 0 atom stereocenters. The maximum Gasteiger partial charge on any atom is 0.0744 e. The van der Waals surface area contributed by atoms with Crippen molar-refractivity contribution in [2.75, 3.05) is 14.7 Å². The number of benzene rings is 11. The van der Waals surface area contributed by atoms with Crippen LogP contribution in [0.2, 0.25) is 0 Å². The fourth-order valence-corrected chi connectivity index (χ4v) is 13.3. The molecule has 16 rings (SSSR count). The van der Waals surface area contributed by atoms with Crippen molar-refractivity contribution in [3.8, 4) is 33.4 Å². The van der Waals surface area contributed by atoms with E-state index in [1.165, 1.54) is 112 Å². The van der Waals surface area contributed by atoms with Gasteiger partial charge in [-0.15, -0.1) is 0 Å². The zero-order valence-corrected chi connectivity index (χ0v) is 41.3. The predicted molar refractivity (Wildman–Crippen MR) is 307 cm³/mol. The average molecular weight is 946 g/mol. The van der Waals surface area contributed by atoms with Gasteiger partial charge in [-0.25, -0.2) is 0 Å². The van der Waals surface area contributed by atoms with Crippen LogP contribution in [-0.4, -0.2) is 0 Å². The van der Waals surface area contributed by atoms with E-state index in [4.69, 9.17) is 0 Å². The van der Waals surface area contributed by atoms with Gasteiger partial charge in [0.1, 0.15) is 0 Å². The third kappa shape index (κ3) is 6.20. The van der Waals surface area contributed by atoms with Gasteiger partial charge in [0.25, 0.3) is 0 Å². The van der Waals surface area contributed by atoms with Gasteiger partial charge in [-0.1, -0.05) is 214 Å². The van der Waals surface area contributed by atoms with Gasteiger partial charge in [0.15, 0.2) is 0 Å². The highest BCUT2D eigenvalue weighted by Gasteiger charge is 2.47. The van der Waals surface area contributed by atoms with Crippen LogP contribution in [0.3, 0.4) is 0 Å². The molecular formula is C71H51N3. The fraction of sp³-hybridized carbons (Fsp3) is 0.0704. The van der Waals surface area contributed by atoms with E-state index in [-0.39, 0.29) is 17.3 Å². The summed E-state index contributed by atoms with van der Waals surface area (Å²) in [6, 6.07) is 97.0. The van der Waals surface area contributed by atoms with Crippen LogP contribution in [0.5, 0.6) is 0 Å². The first kappa shape index (κ1) is 42.5. The van der Waals surface area contributed by atoms with E-state index in [0.717, 1.165) is 17.1 Å². The Bertz CT molecular complexity index is 3960. The largest absolute Gasteiger partial charge is 0.310 e. The second-order valence-electron chi connectivity index (χ2n) is 20.7. The zero-order chi connectivity index (χ0) is 49.1. The second kappa shape index (κ2) is 16.4. The van der Waals surface area contributed by atoms with Crippen LogP contribution in [-0.2, 0) is 5.41 Å². The molecule has 0 aromatic heterocycles. The van der Waals surface area contributed by atoms with Crippen molar-refractivity contribution in [3.05, 3.63) is 305 Å². The number of fused-ring (bicyclic) bond motifs is 4. The Morgan fingerprint density at radius 2 is 0.770 bits per heavy atom. The number of para-hydroxylation sites is 5. The van der Waals surface area contributed by atoms with E-state index in [9.17, 15) is 0 Å². The quantitative estimate of drug-likeness (QED) is 0.158. The molecule has 11 aromatic rings. The average Bonchev–Trinajstić information content (AvgIpc) is 3.50. The van der Waals surface area contributed by atoms with E-state index < -0.39 is 0 Å². The lowest BCUT2D eigenvalue weighted by Crippen LogP contribution is -2.35. The molecule has 3 aliphatic carbocycles.